The SMILES string of the molecule is CC(CN1CCC(N2CCOCC2)C1)C(=N)N. The first-order valence-electron chi connectivity index (χ1n) is 6.55. The molecule has 0 aromatic heterocycles. The first kappa shape index (κ1) is 12.8. The minimum atomic E-state index is 0.179. The van der Waals surface area contributed by atoms with Gasteiger partial charge < -0.3 is 15.4 Å². The van der Waals surface area contributed by atoms with E-state index in [1.54, 1.807) is 0 Å². The Morgan fingerprint density at radius 3 is 2.76 bits per heavy atom. The van der Waals surface area contributed by atoms with Gasteiger partial charge in [-0.2, -0.15) is 0 Å². The Hall–Kier alpha value is -0.650. The molecule has 0 amide bonds. The summed E-state index contributed by atoms with van der Waals surface area (Å²) in [5, 5.41) is 7.43. The molecule has 2 rings (SSSR count). The number of hydrogen-bond acceptors (Lipinski definition) is 4. The number of likely N-dealkylation sites (tertiary alicyclic amines) is 1. The standard InChI is InChI=1S/C12H24N4O/c1-10(12(13)14)8-15-3-2-11(9-15)16-4-6-17-7-5-16/h10-11H,2-9H2,1H3,(H3,13,14). The molecule has 2 atom stereocenters. The predicted molar refractivity (Wildman–Crippen MR) is 68.3 cm³/mol. The van der Waals surface area contributed by atoms with Gasteiger partial charge in [-0.05, 0) is 13.0 Å². The Morgan fingerprint density at radius 1 is 1.41 bits per heavy atom. The highest BCUT2D eigenvalue weighted by Crippen LogP contribution is 2.17. The van der Waals surface area contributed by atoms with Gasteiger partial charge in [0, 0.05) is 38.1 Å². The molecule has 0 radical (unpaired) electrons. The normalized spacial score (nSPS) is 29.4. The number of ether oxygens (including phenoxy) is 1. The monoisotopic (exact) mass is 240 g/mol. The summed E-state index contributed by atoms with van der Waals surface area (Å²) in [4.78, 5) is 4.98. The largest absolute Gasteiger partial charge is 0.387 e. The molecule has 17 heavy (non-hydrogen) atoms. The molecule has 3 N–H and O–H groups in total. The van der Waals surface area contributed by atoms with E-state index >= 15 is 0 Å². The van der Waals surface area contributed by atoms with E-state index in [1.165, 1.54) is 6.42 Å². The second-order valence-corrected chi connectivity index (χ2v) is 5.21. The lowest BCUT2D eigenvalue weighted by atomic mass is 10.1. The zero-order chi connectivity index (χ0) is 12.3. The summed E-state index contributed by atoms with van der Waals surface area (Å²) >= 11 is 0. The van der Waals surface area contributed by atoms with Crippen molar-refractivity contribution in [3.63, 3.8) is 0 Å². The molecule has 2 unspecified atom stereocenters. The highest BCUT2D eigenvalue weighted by molar-refractivity contribution is 5.79. The molecule has 0 spiro atoms. The zero-order valence-electron chi connectivity index (χ0n) is 10.7. The summed E-state index contributed by atoms with van der Waals surface area (Å²) in [6.45, 7) is 9.11. The molecular formula is C12H24N4O. The number of morpholine rings is 1. The van der Waals surface area contributed by atoms with Crippen LogP contribution in [-0.2, 0) is 4.74 Å². The van der Waals surface area contributed by atoms with Crippen LogP contribution in [0.15, 0.2) is 0 Å². The van der Waals surface area contributed by atoms with Crippen molar-refractivity contribution in [2.45, 2.75) is 19.4 Å². The number of nitrogens with zero attached hydrogens (tertiary/aromatic N) is 2. The molecule has 0 aromatic carbocycles. The van der Waals surface area contributed by atoms with Crippen LogP contribution in [0.3, 0.4) is 0 Å². The van der Waals surface area contributed by atoms with Crippen molar-refractivity contribution in [1.29, 1.82) is 5.41 Å². The van der Waals surface area contributed by atoms with E-state index < -0.39 is 0 Å². The summed E-state index contributed by atoms with van der Waals surface area (Å²) in [6.07, 6.45) is 1.24. The molecule has 0 aromatic rings. The zero-order valence-corrected chi connectivity index (χ0v) is 10.7. The second kappa shape index (κ2) is 5.80. The van der Waals surface area contributed by atoms with E-state index in [-0.39, 0.29) is 5.92 Å². The lowest BCUT2D eigenvalue weighted by Gasteiger charge is -2.32. The Balaban J connectivity index is 1.76. The van der Waals surface area contributed by atoms with Crippen LogP contribution < -0.4 is 5.73 Å². The topological polar surface area (TPSA) is 65.6 Å². The van der Waals surface area contributed by atoms with Crippen LogP contribution in [0.1, 0.15) is 13.3 Å². The molecule has 5 heteroatoms. The third-order valence-corrected chi connectivity index (χ3v) is 3.87. The van der Waals surface area contributed by atoms with Crippen LogP contribution in [0.4, 0.5) is 0 Å². The Bertz CT molecular complexity index is 265. The molecular weight excluding hydrogens is 216 g/mol. The van der Waals surface area contributed by atoms with Gasteiger partial charge in [-0.15, -0.1) is 0 Å². The van der Waals surface area contributed by atoms with Gasteiger partial charge in [-0.3, -0.25) is 10.3 Å². The molecule has 0 bridgehead atoms. The molecule has 2 aliphatic rings. The first-order chi connectivity index (χ1) is 8.16. The highest BCUT2D eigenvalue weighted by atomic mass is 16.5. The molecule has 2 saturated heterocycles. The third kappa shape index (κ3) is 3.40. The van der Waals surface area contributed by atoms with Gasteiger partial charge in [-0.25, -0.2) is 0 Å². The van der Waals surface area contributed by atoms with Gasteiger partial charge in [-0.1, -0.05) is 6.92 Å². The van der Waals surface area contributed by atoms with Gasteiger partial charge in [0.2, 0.25) is 0 Å². The smallest absolute Gasteiger partial charge is 0.0947 e. The van der Waals surface area contributed by atoms with Gasteiger partial charge >= 0.3 is 0 Å². The number of amidine groups is 1. The van der Waals surface area contributed by atoms with Crippen molar-refractivity contribution in [1.82, 2.24) is 9.80 Å². The number of nitrogens with two attached hydrogens (primary N) is 1. The van der Waals surface area contributed by atoms with Gasteiger partial charge in [0.05, 0.1) is 19.0 Å². The molecule has 2 heterocycles. The van der Waals surface area contributed by atoms with E-state index in [1.807, 2.05) is 6.92 Å². The average Bonchev–Trinajstić information content (AvgIpc) is 2.78. The Kier molecular flexibility index (Phi) is 4.36. The Labute approximate surface area is 103 Å². The number of rotatable bonds is 4. The summed E-state index contributed by atoms with van der Waals surface area (Å²) in [5.41, 5.74) is 5.52. The summed E-state index contributed by atoms with van der Waals surface area (Å²) in [7, 11) is 0. The minimum Gasteiger partial charge on any atom is -0.387 e. The van der Waals surface area contributed by atoms with Crippen molar-refractivity contribution < 1.29 is 4.74 Å². The van der Waals surface area contributed by atoms with E-state index in [9.17, 15) is 0 Å². The van der Waals surface area contributed by atoms with Crippen LogP contribution >= 0.6 is 0 Å². The van der Waals surface area contributed by atoms with E-state index in [0.717, 1.165) is 45.9 Å². The summed E-state index contributed by atoms with van der Waals surface area (Å²) in [6, 6.07) is 0.679. The fourth-order valence-corrected chi connectivity index (χ4v) is 2.70. The first-order valence-corrected chi connectivity index (χ1v) is 6.55. The van der Waals surface area contributed by atoms with Crippen LogP contribution in [0.5, 0.6) is 0 Å². The van der Waals surface area contributed by atoms with E-state index in [4.69, 9.17) is 15.9 Å². The van der Waals surface area contributed by atoms with Gasteiger partial charge in [0.1, 0.15) is 0 Å². The number of nitrogens with one attached hydrogen (secondary N) is 1. The highest BCUT2D eigenvalue weighted by Gasteiger charge is 2.29. The quantitative estimate of drug-likeness (QED) is 0.535. The molecule has 2 aliphatic heterocycles. The van der Waals surface area contributed by atoms with Crippen molar-refractivity contribution in [2.24, 2.45) is 11.7 Å². The predicted octanol–water partition coefficient (Wildman–Crippen LogP) is -0.0350. The van der Waals surface area contributed by atoms with Crippen LogP contribution in [0.2, 0.25) is 0 Å². The molecule has 2 fully saturated rings. The summed E-state index contributed by atoms with van der Waals surface area (Å²) < 4.78 is 5.38. The second-order valence-electron chi connectivity index (χ2n) is 5.21. The maximum Gasteiger partial charge on any atom is 0.0947 e. The lowest BCUT2D eigenvalue weighted by molar-refractivity contribution is 0.0184. The maximum atomic E-state index is 7.43. The molecule has 0 aliphatic carbocycles. The fourth-order valence-electron chi connectivity index (χ4n) is 2.70. The van der Waals surface area contributed by atoms with E-state index in [0.29, 0.717) is 11.9 Å². The minimum absolute atomic E-state index is 0.179. The van der Waals surface area contributed by atoms with Gasteiger partial charge in [0.25, 0.3) is 0 Å². The fraction of sp³-hybridized carbons (Fsp3) is 0.917. The number of hydrogen-bond donors (Lipinski definition) is 2. The van der Waals surface area contributed by atoms with Crippen molar-refractivity contribution in [3.05, 3.63) is 0 Å². The van der Waals surface area contributed by atoms with Crippen LogP contribution in [0, 0.1) is 11.3 Å². The third-order valence-electron chi connectivity index (χ3n) is 3.87. The van der Waals surface area contributed by atoms with Crippen molar-refractivity contribution >= 4 is 5.84 Å². The van der Waals surface area contributed by atoms with Crippen LogP contribution in [0.25, 0.3) is 0 Å². The average molecular weight is 240 g/mol. The molecule has 5 nitrogen and oxygen atoms in total. The summed E-state index contributed by atoms with van der Waals surface area (Å²) in [5.74, 6) is 0.485. The van der Waals surface area contributed by atoms with E-state index in [2.05, 4.69) is 9.80 Å². The van der Waals surface area contributed by atoms with Crippen molar-refractivity contribution in [3.8, 4) is 0 Å². The van der Waals surface area contributed by atoms with Crippen LogP contribution in [-0.4, -0.2) is 67.6 Å². The Morgan fingerprint density at radius 2 is 2.12 bits per heavy atom. The lowest BCUT2D eigenvalue weighted by Crippen LogP contribution is -2.45. The van der Waals surface area contributed by atoms with Gasteiger partial charge in [0.15, 0.2) is 0 Å². The van der Waals surface area contributed by atoms with Crippen molar-refractivity contribution in [2.75, 3.05) is 45.9 Å². The maximum absolute atomic E-state index is 7.43. The molecule has 0 saturated carbocycles. The molecule has 98 valence electrons.